The van der Waals surface area contributed by atoms with E-state index in [0.717, 1.165) is 0 Å². The van der Waals surface area contributed by atoms with Crippen LogP contribution >= 0.6 is 0 Å². The van der Waals surface area contributed by atoms with E-state index in [0.29, 0.717) is 11.3 Å². The van der Waals surface area contributed by atoms with Crippen LogP contribution in [0.15, 0.2) is 53.4 Å². The fourth-order valence-corrected chi connectivity index (χ4v) is 2.86. The first-order valence-electron chi connectivity index (χ1n) is 7.41. The molecule has 2 aromatic carbocycles. The fourth-order valence-electron chi connectivity index (χ4n) is 1.94. The number of Topliss-reactive ketones (excluding diaryl/α,β-unsaturated/α-hetero) is 1. The van der Waals surface area contributed by atoms with Crippen molar-refractivity contribution in [2.75, 3.05) is 11.9 Å². The number of ether oxygens (including phenoxy) is 1. The second-order valence-corrected chi connectivity index (χ2v) is 6.54. The maximum atomic E-state index is 12.3. The van der Waals surface area contributed by atoms with Gasteiger partial charge >= 0.3 is 16.2 Å². The van der Waals surface area contributed by atoms with Crippen LogP contribution < -0.4 is 9.50 Å². The highest BCUT2D eigenvalue weighted by atomic mass is 32.2. The van der Waals surface area contributed by atoms with E-state index >= 15 is 0 Å². The predicted molar refractivity (Wildman–Crippen MR) is 91.3 cm³/mol. The Kier molecular flexibility index (Phi) is 5.76. The predicted octanol–water partition coefficient (Wildman–Crippen LogP) is 3.23. The molecule has 8 heteroatoms. The van der Waals surface area contributed by atoms with Crippen molar-refractivity contribution in [1.29, 1.82) is 0 Å². The molecule has 0 saturated heterocycles. The van der Waals surface area contributed by atoms with Gasteiger partial charge in [-0.25, -0.2) is 4.79 Å². The zero-order valence-electron chi connectivity index (χ0n) is 13.7. The molecule has 0 atom stereocenters. The summed E-state index contributed by atoms with van der Waals surface area (Å²) in [7, 11) is -4.07. The Hall–Kier alpha value is -2.87. The van der Waals surface area contributed by atoms with Gasteiger partial charge in [0.15, 0.2) is 5.78 Å². The van der Waals surface area contributed by atoms with Gasteiger partial charge in [0.2, 0.25) is 0 Å². The van der Waals surface area contributed by atoms with Crippen LogP contribution in [-0.4, -0.2) is 26.9 Å². The smallest absolute Gasteiger partial charge is 0.411 e. The third kappa shape index (κ3) is 5.05. The normalized spacial score (nSPS) is 10.8. The van der Waals surface area contributed by atoms with Crippen molar-refractivity contribution < 1.29 is 26.9 Å². The van der Waals surface area contributed by atoms with Crippen LogP contribution in [0.3, 0.4) is 0 Å². The quantitative estimate of drug-likeness (QED) is 0.625. The molecule has 0 heterocycles. The number of hydrogen-bond acceptors (Lipinski definition) is 6. The molecule has 0 unspecified atom stereocenters. The van der Waals surface area contributed by atoms with Crippen LogP contribution in [-0.2, 0) is 14.9 Å². The van der Waals surface area contributed by atoms with Crippen LogP contribution in [0.5, 0.6) is 5.75 Å². The second-order valence-electron chi connectivity index (χ2n) is 4.99. The zero-order chi connectivity index (χ0) is 18.4. The second kappa shape index (κ2) is 7.80. The van der Waals surface area contributed by atoms with E-state index in [1.165, 1.54) is 49.4 Å². The Balaban J connectivity index is 2.17. The summed E-state index contributed by atoms with van der Waals surface area (Å²) in [4.78, 5) is 22.6. The molecule has 0 aliphatic carbocycles. The molecule has 0 aromatic heterocycles. The molecule has 1 amide bonds. The van der Waals surface area contributed by atoms with Gasteiger partial charge in [0.1, 0.15) is 10.6 Å². The first kappa shape index (κ1) is 18.5. The molecular weight excluding hydrogens is 346 g/mol. The maximum absolute atomic E-state index is 12.3. The van der Waals surface area contributed by atoms with Gasteiger partial charge in [-0.05, 0) is 38.1 Å². The van der Waals surface area contributed by atoms with E-state index in [1.54, 1.807) is 13.0 Å². The molecule has 7 nitrogen and oxygen atoms in total. The van der Waals surface area contributed by atoms with Crippen molar-refractivity contribution in [3.05, 3.63) is 54.1 Å². The van der Waals surface area contributed by atoms with Crippen LogP contribution in [0.2, 0.25) is 0 Å². The van der Waals surface area contributed by atoms with Gasteiger partial charge in [0.05, 0.1) is 6.61 Å². The Morgan fingerprint density at radius 2 is 1.76 bits per heavy atom. The molecule has 0 saturated carbocycles. The number of rotatable bonds is 6. The number of nitrogens with one attached hydrogen (secondary N) is 1. The van der Waals surface area contributed by atoms with Gasteiger partial charge in [0.25, 0.3) is 0 Å². The third-order valence-corrected chi connectivity index (χ3v) is 4.37. The molecule has 0 aliphatic rings. The van der Waals surface area contributed by atoms with Crippen molar-refractivity contribution in [2.24, 2.45) is 0 Å². The lowest BCUT2D eigenvalue weighted by atomic mass is 10.2. The van der Waals surface area contributed by atoms with Crippen LogP contribution in [0.4, 0.5) is 10.5 Å². The van der Waals surface area contributed by atoms with Crippen molar-refractivity contribution in [1.82, 2.24) is 0 Å². The van der Waals surface area contributed by atoms with Gasteiger partial charge < -0.3 is 8.92 Å². The van der Waals surface area contributed by atoms with E-state index in [4.69, 9.17) is 8.92 Å². The largest absolute Gasteiger partial charge is 0.450 e. The summed E-state index contributed by atoms with van der Waals surface area (Å²) in [6, 6.07) is 11.3. The van der Waals surface area contributed by atoms with Crippen molar-refractivity contribution in [3.8, 4) is 5.75 Å². The molecule has 2 rings (SSSR count). The number of hydrogen-bond donors (Lipinski definition) is 1. The van der Waals surface area contributed by atoms with Crippen molar-refractivity contribution in [3.63, 3.8) is 0 Å². The van der Waals surface area contributed by atoms with Crippen molar-refractivity contribution in [2.45, 2.75) is 18.7 Å². The third-order valence-electron chi connectivity index (χ3n) is 3.11. The number of carbonyl (C=O) groups excluding carboxylic acids is 2. The lowest BCUT2D eigenvalue weighted by molar-refractivity contribution is 0.101. The average Bonchev–Trinajstić information content (AvgIpc) is 2.55. The topological polar surface area (TPSA) is 98.8 Å². The molecule has 132 valence electrons. The van der Waals surface area contributed by atoms with Gasteiger partial charge in [-0.1, -0.05) is 18.2 Å². The lowest BCUT2D eigenvalue weighted by Crippen LogP contribution is -2.14. The Morgan fingerprint density at radius 1 is 1.08 bits per heavy atom. The number of amides is 1. The summed E-state index contributed by atoms with van der Waals surface area (Å²) < 4.78 is 34.4. The van der Waals surface area contributed by atoms with Gasteiger partial charge in [-0.3, -0.25) is 10.1 Å². The Labute approximate surface area is 145 Å². The fraction of sp³-hybridized carbons (Fsp3) is 0.176. The summed E-state index contributed by atoms with van der Waals surface area (Å²) >= 11 is 0. The summed E-state index contributed by atoms with van der Waals surface area (Å²) in [5, 5.41) is 2.46. The minimum absolute atomic E-state index is 0.0324. The van der Waals surface area contributed by atoms with E-state index in [2.05, 4.69) is 5.32 Å². The first-order valence-corrected chi connectivity index (χ1v) is 8.82. The summed E-state index contributed by atoms with van der Waals surface area (Å²) in [5.74, 6) is -0.132. The number of carbonyl (C=O) groups is 2. The summed E-state index contributed by atoms with van der Waals surface area (Å²) in [5.41, 5.74) is 0.734. The maximum Gasteiger partial charge on any atom is 0.411 e. The Morgan fingerprint density at radius 3 is 2.36 bits per heavy atom. The minimum atomic E-state index is -4.07. The molecule has 2 aromatic rings. The minimum Gasteiger partial charge on any atom is -0.450 e. The standard InChI is InChI=1S/C17H17NO6S/c1-3-23-17(20)18-14-5-4-6-15(11-14)24-25(21,22)16-9-7-13(8-10-16)12(2)19/h4-11H,3H2,1-2H3,(H,18,20). The van der Waals surface area contributed by atoms with E-state index in [-0.39, 0.29) is 23.0 Å². The highest BCUT2D eigenvalue weighted by Crippen LogP contribution is 2.22. The van der Waals surface area contributed by atoms with E-state index in [1.807, 2.05) is 0 Å². The Bertz CT molecular complexity index is 874. The SMILES string of the molecule is CCOC(=O)Nc1cccc(OS(=O)(=O)c2ccc(C(C)=O)cc2)c1. The van der Waals surface area contributed by atoms with Gasteiger partial charge in [0, 0.05) is 17.3 Å². The highest BCUT2D eigenvalue weighted by molar-refractivity contribution is 7.87. The van der Waals surface area contributed by atoms with Crippen molar-refractivity contribution >= 4 is 27.7 Å². The number of anilines is 1. The molecule has 0 aliphatic heterocycles. The molecule has 1 N–H and O–H groups in total. The zero-order valence-corrected chi connectivity index (χ0v) is 14.5. The number of benzene rings is 2. The van der Waals surface area contributed by atoms with Crippen LogP contribution in [0.1, 0.15) is 24.2 Å². The molecule has 0 fully saturated rings. The monoisotopic (exact) mass is 363 g/mol. The van der Waals surface area contributed by atoms with E-state index in [9.17, 15) is 18.0 Å². The van der Waals surface area contributed by atoms with Gasteiger partial charge in [-0.15, -0.1) is 0 Å². The molecule has 0 spiro atoms. The highest BCUT2D eigenvalue weighted by Gasteiger charge is 2.17. The average molecular weight is 363 g/mol. The van der Waals surface area contributed by atoms with E-state index < -0.39 is 16.2 Å². The van der Waals surface area contributed by atoms with Gasteiger partial charge in [-0.2, -0.15) is 8.42 Å². The molecule has 0 bridgehead atoms. The summed E-state index contributed by atoms with van der Waals surface area (Å²) in [6.07, 6.45) is -0.651. The lowest BCUT2D eigenvalue weighted by Gasteiger charge is -2.09. The first-order chi connectivity index (χ1) is 11.8. The molecule has 0 radical (unpaired) electrons. The van der Waals surface area contributed by atoms with Crippen LogP contribution in [0.25, 0.3) is 0 Å². The van der Waals surface area contributed by atoms with Crippen LogP contribution in [0, 0.1) is 0 Å². The number of ketones is 1. The molecule has 25 heavy (non-hydrogen) atoms. The molecular formula is C17H17NO6S. The summed E-state index contributed by atoms with van der Waals surface area (Å²) in [6.45, 7) is 3.28.